The van der Waals surface area contributed by atoms with Crippen LogP contribution in [0.25, 0.3) is 0 Å². The van der Waals surface area contributed by atoms with Crippen LogP contribution in [-0.2, 0) is 13.1 Å². The summed E-state index contributed by atoms with van der Waals surface area (Å²) in [6, 6.07) is 5.89. The third-order valence-electron chi connectivity index (χ3n) is 3.77. The van der Waals surface area contributed by atoms with Gasteiger partial charge in [0.1, 0.15) is 0 Å². The predicted molar refractivity (Wildman–Crippen MR) is 80.4 cm³/mol. The molecule has 2 aromatic rings. The molecule has 0 amide bonds. The van der Waals surface area contributed by atoms with Gasteiger partial charge in [-0.15, -0.1) is 10.2 Å². The molecule has 0 aromatic carbocycles. The second-order valence-electron chi connectivity index (χ2n) is 5.44. The maximum atomic E-state index is 5.43. The number of nitrogens with zero attached hydrogens (tertiary/aromatic N) is 5. The summed E-state index contributed by atoms with van der Waals surface area (Å²) in [6.45, 7) is 7.39. The number of rotatable bonds is 5. The summed E-state index contributed by atoms with van der Waals surface area (Å²) in [5, 5.41) is 7.92. The topological polar surface area (TPSA) is 67.5 Å². The predicted octanol–water partition coefficient (Wildman–Crippen LogP) is 1.10. The second kappa shape index (κ2) is 6.85. The van der Waals surface area contributed by atoms with Crippen LogP contribution in [-0.4, -0.2) is 58.3 Å². The van der Waals surface area contributed by atoms with Gasteiger partial charge in [-0.2, -0.15) is 0 Å². The zero-order valence-corrected chi connectivity index (χ0v) is 13.0. The number of aromatic nitrogens is 3. The van der Waals surface area contributed by atoms with Crippen LogP contribution >= 0.6 is 0 Å². The Hall–Kier alpha value is -1.99. The minimum atomic E-state index is 0.623. The van der Waals surface area contributed by atoms with Gasteiger partial charge >= 0.3 is 0 Å². The number of aryl methyl sites for hydroxylation is 1. The molecule has 3 heterocycles. The summed E-state index contributed by atoms with van der Waals surface area (Å²) in [5.74, 6) is 1.99. The smallest absolute Gasteiger partial charge is 0.230 e. The largest absolute Gasteiger partial charge is 0.481 e. The van der Waals surface area contributed by atoms with Crippen LogP contribution in [0.1, 0.15) is 17.5 Å². The van der Waals surface area contributed by atoms with Gasteiger partial charge in [0.2, 0.25) is 17.7 Å². The van der Waals surface area contributed by atoms with Crippen LogP contribution in [0.15, 0.2) is 22.6 Å². The van der Waals surface area contributed by atoms with Crippen LogP contribution in [0.4, 0.5) is 0 Å². The van der Waals surface area contributed by atoms with Crippen LogP contribution in [0.3, 0.4) is 0 Å². The van der Waals surface area contributed by atoms with Gasteiger partial charge in [-0.3, -0.25) is 9.80 Å². The fraction of sp³-hybridized carbons (Fsp3) is 0.533. The highest BCUT2D eigenvalue weighted by Gasteiger charge is 2.19. The van der Waals surface area contributed by atoms with Crippen molar-refractivity contribution in [3.63, 3.8) is 0 Å². The van der Waals surface area contributed by atoms with Crippen molar-refractivity contribution in [2.45, 2.75) is 20.0 Å². The third-order valence-corrected chi connectivity index (χ3v) is 3.77. The molecule has 1 saturated heterocycles. The highest BCUT2D eigenvalue weighted by molar-refractivity contribution is 5.15. The fourth-order valence-electron chi connectivity index (χ4n) is 2.59. The van der Waals surface area contributed by atoms with Crippen molar-refractivity contribution in [1.29, 1.82) is 0 Å². The van der Waals surface area contributed by atoms with Crippen molar-refractivity contribution in [2.75, 3.05) is 33.3 Å². The van der Waals surface area contributed by atoms with Crippen molar-refractivity contribution in [3.8, 4) is 5.88 Å². The normalized spacial score (nSPS) is 16.8. The molecular formula is C15H21N5O2. The molecule has 2 aromatic heterocycles. The number of piperazine rings is 1. The Morgan fingerprint density at radius 2 is 1.82 bits per heavy atom. The van der Waals surface area contributed by atoms with Gasteiger partial charge in [0, 0.05) is 45.7 Å². The summed E-state index contributed by atoms with van der Waals surface area (Å²) in [5.41, 5.74) is 1.04. The molecule has 0 atom stereocenters. The lowest BCUT2D eigenvalue weighted by atomic mass is 10.2. The molecule has 0 spiro atoms. The number of hydrogen-bond acceptors (Lipinski definition) is 7. The van der Waals surface area contributed by atoms with E-state index < -0.39 is 0 Å². The van der Waals surface area contributed by atoms with Gasteiger partial charge in [-0.05, 0) is 6.07 Å². The van der Waals surface area contributed by atoms with Crippen LogP contribution in [0.2, 0.25) is 0 Å². The van der Waals surface area contributed by atoms with Crippen LogP contribution < -0.4 is 4.74 Å². The number of ether oxygens (including phenoxy) is 1. The van der Waals surface area contributed by atoms with Crippen molar-refractivity contribution in [1.82, 2.24) is 25.0 Å². The lowest BCUT2D eigenvalue weighted by Gasteiger charge is -2.33. The van der Waals surface area contributed by atoms with Gasteiger partial charge in [-0.1, -0.05) is 6.07 Å². The average Bonchev–Trinajstić information content (AvgIpc) is 2.94. The standard InChI is InChI=1S/C15H21N5O2/c1-12-17-18-15(22-12)11-20-8-6-19(7-9-20)10-13-4-3-5-14(16-13)21-2/h3-5H,6-11H2,1-2H3. The maximum absolute atomic E-state index is 5.43. The molecule has 0 N–H and O–H groups in total. The maximum Gasteiger partial charge on any atom is 0.230 e. The van der Waals surface area contributed by atoms with E-state index in [9.17, 15) is 0 Å². The van der Waals surface area contributed by atoms with Crippen molar-refractivity contribution < 1.29 is 9.15 Å². The minimum absolute atomic E-state index is 0.623. The number of hydrogen-bond donors (Lipinski definition) is 0. The second-order valence-corrected chi connectivity index (χ2v) is 5.44. The van der Waals surface area contributed by atoms with Gasteiger partial charge in [0.25, 0.3) is 0 Å². The Bertz CT molecular complexity index is 607. The summed E-state index contributed by atoms with van der Waals surface area (Å²) >= 11 is 0. The molecule has 0 saturated carbocycles. The minimum Gasteiger partial charge on any atom is -0.481 e. The monoisotopic (exact) mass is 303 g/mol. The molecule has 1 aliphatic rings. The molecule has 7 heteroatoms. The summed E-state index contributed by atoms with van der Waals surface area (Å²) in [4.78, 5) is 9.20. The highest BCUT2D eigenvalue weighted by atomic mass is 16.5. The highest BCUT2D eigenvalue weighted by Crippen LogP contribution is 2.12. The van der Waals surface area contributed by atoms with Gasteiger partial charge < -0.3 is 9.15 Å². The Balaban J connectivity index is 1.49. The number of methoxy groups -OCH3 is 1. The van der Waals surface area contributed by atoms with E-state index in [0.717, 1.165) is 45.0 Å². The first-order valence-corrected chi connectivity index (χ1v) is 7.46. The summed E-state index contributed by atoms with van der Waals surface area (Å²) < 4.78 is 10.6. The fourth-order valence-corrected chi connectivity index (χ4v) is 2.59. The van der Waals surface area contributed by atoms with E-state index in [1.165, 1.54) is 0 Å². The molecule has 22 heavy (non-hydrogen) atoms. The first kappa shape index (κ1) is 14.9. The van der Waals surface area contributed by atoms with Crippen molar-refractivity contribution in [2.24, 2.45) is 0 Å². The van der Waals surface area contributed by atoms with Gasteiger partial charge in [0.05, 0.1) is 19.3 Å². The molecule has 1 fully saturated rings. The van der Waals surface area contributed by atoms with E-state index in [0.29, 0.717) is 17.7 Å². The van der Waals surface area contributed by atoms with E-state index in [1.807, 2.05) is 25.1 Å². The number of pyridine rings is 1. The lowest BCUT2D eigenvalue weighted by Crippen LogP contribution is -2.45. The first-order valence-electron chi connectivity index (χ1n) is 7.46. The quantitative estimate of drug-likeness (QED) is 0.819. The molecular weight excluding hydrogens is 282 g/mol. The Kier molecular flexibility index (Phi) is 4.65. The van der Waals surface area contributed by atoms with Crippen LogP contribution in [0, 0.1) is 6.92 Å². The van der Waals surface area contributed by atoms with Crippen LogP contribution in [0.5, 0.6) is 5.88 Å². The molecule has 3 rings (SSSR count). The lowest BCUT2D eigenvalue weighted by molar-refractivity contribution is 0.113. The van der Waals surface area contributed by atoms with E-state index in [1.54, 1.807) is 7.11 Å². The summed E-state index contributed by atoms with van der Waals surface area (Å²) in [7, 11) is 1.64. The molecule has 0 bridgehead atoms. The molecule has 7 nitrogen and oxygen atoms in total. The van der Waals surface area contributed by atoms with Crippen molar-refractivity contribution in [3.05, 3.63) is 35.7 Å². The third kappa shape index (κ3) is 3.80. The van der Waals surface area contributed by atoms with E-state index in [4.69, 9.17) is 9.15 Å². The zero-order chi connectivity index (χ0) is 15.4. The van der Waals surface area contributed by atoms with E-state index >= 15 is 0 Å². The van der Waals surface area contributed by atoms with E-state index in [2.05, 4.69) is 25.0 Å². The molecule has 1 aliphatic heterocycles. The summed E-state index contributed by atoms with van der Waals surface area (Å²) in [6.07, 6.45) is 0. The Morgan fingerprint density at radius 1 is 1.09 bits per heavy atom. The van der Waals surface area contributed by atoms with Gasteiger partial charge in [-0.25, -0.2) is 4.98 Å². The molecule has 118 valence electrons. The van der Waals surface area contributed by atoms with Crippen molar-refractivity contribution >= 4 is 0 Å². The van der Waals surface area contributed by atoms with Gasteiger partial charge in [0.15, 0.2) is 0 Å². The molecule has 0 aliphatic carbocycles. The molecule has 0 radical (unpaired) electrons. The first-order chi connectivity index (χ1) is 10.7. The SMILES string of the molecule is COc1cccc(CN2CCN(Cc3nnc(C)o3)CC2)n1. The molecule has 0 unspecified atom stereocenters. The Labute approximate surface area is 129 Å². The Morgan fingerprint density at radius 3 is 2.45 bits per heavy atom. The van der Waals surface area contributed by atoms with E-state index in [-0.39, 0.29) is 0 Å². The average molecular weight is 303 g/mol. The zero-order valence-electron chi connectivity index (χ0n) is 13.0.